The summed E-state index contributed by atoms with van der Waals surface area (Å²) in [6.45, 7) is 6.59. The topological polar surface area (TPSA) is 78.9 Å². The highest BCUT2D eigenvalue weighted by atomic mass is 16.6. The van der Waals surface area contributed by atoms with Crippen molar-refractivity contribution in [3.8, 4) is 0 Å². The summed E-state index contributed by atoms with van der Waals surface area (Å²) in [4.78, 5) is 38.0. The highest BCUT2D eigenvalue weighted by molar-refractivity contribution is 5.71. The van der Waals surface area contributed by atoms with E-state index < -0.39 is 6.10 Å². The van der Waals surface area contributed by atoms with Gasteiger partial charge in [-0.05, 0) is 57.8 Å². The van der Waals surface area contributed by atoms with Crippen molar-refractivity contribution in [3.05, 3.63) is 48.6 Å². The molecule has 0 aromatic heterocycles. The quantitative estimate of drug-likeness (QED) is 0.0262. The lowest BCUT2D eigenvalue weighted by molar-refractivity contribution is -0.167. The molecule has 0 aliphatic carbocycles. The van der Waals surface area contributed by atoms with Crippen LogP contribution < -0.4 is 0 Å². The molecule has 0 saturated heterocycles. The fraction of sp³-hybridized carbons (Fsp3) is 0.807. The molecule has 0 aromatic rings. The lowest BCUT2D eigenvalue weighted by Crippen LogP contribution is -2.30. The van der Waals surface area contributed by atoms with Crippen LogP contribution in [0.3, 0.4) is 0 Å². The Bertz CT molecular complexity index is 1110. The number of unbranched alkanes of at least 4 members (excludes halogenated alkanes) is 30. The largest absolute Gasteiger partial charge is 0.462 e. The van der Waals surface area contributed by atoms with Crippen molar-refractivity contribution in [2.75, 3.05) is 13.2 Å². The summed E-state index contributed by atoms with van der Waals surface area (Å²) in [5.41, 5.74) is 0. The van der Waals surface area contributed by atoms with Gasteiger partial charge in [-0.3, -0.25) is 14.4 Å². The third-order valence-electron chi connectivity index (χ3n) is 11.8. The Morgan fingerprint density at radius 1 is 0.317 bits per heavy atom. The van der Waals surface area contributed by atoms with Crippen molar-refractivity contribution in [1.29, 1.82) is 0 Å². The van der Waals surface area contributed by atoms with E-state index in [9.17, 15) is 14.4 Å². The third kappa shape index (κ3) is 50.2. The van der Waals surface area contributed by atoms with Crippen molar-refractivity contribution in [2.45, 2.75) is 284 Å². The van der Waals surface area contributed by atoms with Gasteiger partial charge < -0.3 is 14.2 Å². The predicted octanol–water partition coefficient (Wildman–Crippen LogP) is 17.9. The van der Waals surface area contributed by atoms with Gasteiger partial charge in [0.1, 0.15) is 13.2 Å². The fourth-order valence-electron chi connectivity index (χ4n) is 7.73. The van der Waals surface area contributed by atoms with Crippen LogP contribution in [-0.2, 0) is 28.6 Å². The Labute approximate surface area is 390 Å². The van der Waals surface area contributed by atoms with E-state index in [2.05, 4.69) is 69.4 Å². The minimum Gasteiger partial charge on any atom is -0.462 e. The molecule has 6 nitrogen and oxygen atoms in total. The van der Waals surface area contributed by atoms with E-state index in [1.165, 1.54) is 167 Å². The number of hydrogen-bond donors (Lipinski definition) is 0. The SMILES string of the molecule is CCCCC/C=C\C/C=C\C/C=C\C/C=C\CCCC(=O)OC[C@@H](COC(=O)CCCCCCCCCCCCCC)OC(=O)CCCCCCCCCCCCCCCCCC. The molecule has 0 amide bonds. The molecule has 0 unspecified atom stereocenters. The summed E-state index contributed by atoms with van der Waals surface area (Å²) in [6, 6.07) is 0. The van der Waals surface area contributed by atoms with E-state index in [0.717, 1.165) is 64.2 Å². The normalized spacial score (nSPS) is 12.4. The first-order chi connectivity index (χ1) is 31.0. The second-order valence-electron chi connectivity index (χ2n) is 18.2. The Balaban J connectivity index is 4.42. The zero-order valence-electron chi connectivity index (χ0n) is 41.8. The minimum atomic E-state index is -0.790. The highest BCUT2D eigenvalue weighted by Crippen LogP contribution is 2.16. The molecule has 0 rings (SSSR count). The summed E-state index contributed by atoms with van der Waals surface area (Å²) in [7, 11) is 0. The molecule has 63 heavy (non-hydrogen) atoms. The van der Waals surface area contributed by atoms with Crippen LogP contribution in [0.1, 0.15) is 278 Å². The van der Waals surface area contributed by atoms with Gasteiger partial charge in [-0.1, -0.05) is 249 Å². The van der Waals surface area contributed by atoms with Gasteiger partial charge in [0.15, 0.2) is 6.10 Å². The van der Waals surface area contributed by atoms with Crippen molar-refractivity contribution >= 4 is 17.9 Å². The molecular formula is C57H102O6. The molecule has 0 fully saturated rings. The Morgan fingerprint density at radius 3 is 0.952 bits per heavy atom. The number of esters is 3. The number of ether oxygens (including phenoxy) is 3. The summed E-state index contributed by atoms with van der Waals surface area (Å²) >= 11 is 0. The van der Waals surface area contributed by atoms with Crippen LogP contribution >= 0.6 is 0 Å². The molecule has 0 N–H and O–H groups in total. The zero-order chi connectivity index (χ0) is 45.8. The molecular weight excluding hydrogens is 781 g/mol. The fourth-order valence-corrected chi connectivity index (χ4v) is 7.73. The van der Waals surface area contributed by atoms with E-state index in [-0.39, 0.29) is 37.5 Å². The van der Waals surface area contributed by atoms with E-state index in [0.29, 0.717) is 19.3 Å². The molecule has 0 saturated carbocycles. The van der Waals surface area contributed by atoms with Crippen molar-refractivity contribution in [3.63, 3.8) is 0 Å². The maximum Gasteiger partial charge on any atom is 0.306 e. The van der Waals surface area contributed by atoms with Gasteiger partial charge in [0.25, 0.3) is 0 Å². The van der Waals surface area contributed by atoms with Crippen molar-refractivity contribution in [1.82, 2.24) is 0 Å². The van der Waals surface area contributed by atoms with Gasteiger partial charge in [-0.15, -0.1) is 0 Å². The van der Waals surface area contributed by atoms with Gasteiger partial charge >= 0.3 is 17.9 Å². The van der Waals surface area contributed by atoms with Gasteiger partial charge in [-0.25, -0.2) is 0 Å². The van der Waals surface area contributed by atoms with E-state index in [1.54, 1.807) is 0 Å². The molecule has 1 atom stereocenters. The number of rotatable bonds is 49. The maximum atomic E-state index is 12.8. The van der Waals surface area contributed by atoms with E-state index in [1.807, 2.05) is 0 Å². The Hall–Kier alpha value is -2.63. The number of hydrogen-bond acceptors (Lipinski definition) is 6. The van der Waals surface area contributed by atoms with Crippen LogP contribution in [-0.4, -0.2) is 37.2 Å². The Kier molecular flexibility index (Phi) is 49.8. The van der Waals surface area contributed by atoms with E-state index >= 15 is 0 Å². The number of allylic oxidation sites excluding steroid dienone is 8. The van der Waals surface area contributed by atoms with Crippen LogP contribution in [0, 0.1) is 0 Å². The molecule has 0 spiro atoms. The van der Waals surface area contributed by atoms with Gasteiger partial charge in [0, 0.05) is 19.3 Å². The summed E-state index contributed by atoms with van der Waals surface area (Å²) < 4.78 is 16.8. The first-order valence-corrected chi connectivity index (χ1v) is 27.1. The van der Waals surface area contributed by atoms with Crippen molar-refractivity contribution < 1.29 is 28.6 Å². The van der Waals surface area contributed by atoms with Crippen LogP contribution in [0.15, 0.2) is 48.6 Å². The molecule has 0 aromatic carbocycles. The molecule has 0 aliphatic rings. The molecule has 0 heterocycles. The summed E-state index contributed by atoms with van der Waals surface area (Å²) in [5, 5.41) is 0. The molecule has 0 radical (unpaired) electrons. The van der Waals surface area contributed by atoms with Crippen LogP contribution in [0.5, 0.6) is 0 Å². The lowest BCUT2D eigenvalue weighted by atomic mass is 10.0. The summed E-state index contributed by atoms with van der Waals surface area (Å²) in [6.07, 6.45) is 62.4. The lowest BCUT2D eigenvalue weighted by Gasteiger charge is -2.18. The second-order valence-corrected chi connectivity index (χ2v) is 18.2. The van der Waals surface area contributed by atoms with Crippen LogP contribution in [0.25, 0.3) is 0 Å². The van der Waals surface area contributed by atoms with Crippen LogP contribution in [0.2, 0.25) is 0 Å². The summed E-state index contributed by atoms with van der Waals surface area (Å²) in [5.74, 6) is -0.933. The van der Waals surface area contributed by atoms with Crippen LogP contribution in [0.4, 0.5) is 0 Å². The zero-order valence-corrected chi connectivity index (χ0v) is 41.8. The highest BCUT2D eigenvalue weighted by Gasteiger charge is 2.19. The molecule has 0 aliphatic heterocycles. The standard InChI is InChI=1S/C57H102O6/c1-4-7-10-13-16-19-22-25-27-29-31-32-35-38-41-44-47-50-56(59)62-53-54(52-61-55(58)49-46-43-40-37-34-24-21-18-15-12-9-6-3)63-57(60)51-48-45-42-39-36-33-30-28-26-23-20-17-14-11-8-5-2/h16,19,25,27,31-32,38,41,54H,4-15,17-18,20-24,26,28-30,33-37,39-40,42-53H2,1-3H3/b19-16-,27-25-,32-31-,41-38-/t54-/m1/s1. The third-order valence-corrected chi connectivity index (χ3v) is 11.8. The van der Waals surface area contributed by atoms with E-state index in [4.69, 9.17) is 14.2 Å². The average Bonchev–Trinajstić information content (AvgIpc) is 3.28. The minimum absolute atomic E-state index is 0.0860. The van der Waals surface area contributed by atoms with Gasteiger partial charge in [0.05, 0.1) is 0 Å². The van der Waals surface area contributed by atoms with Gasteiger partial charge in [-0.2, -0.15) is 0 Å². The number of carbonyl (C=O) groups excluding carboxylic acids is 3. The maximum absolute atomic E-state index is 12.8. The molecule has 366 valence electrons. The second kappa shape index (κ2) is 52.0. The monoisotopic (exact) mass is 883 g/mol. The predicted molar refractivity (Wildman–Crippen MR) is 270 cm³/mol. The first kappa shape index (κ1) is 60.4. The smallest absolute Gasteiger partial charge is 0.306 e. The van der Waals surface area contributed by atoms with Gasteiger partial charge in [0.2, 0.25) is 0 Å². The molecule has 0 bridgehead atoms. The average molecular weight is 883 g/mol. The first-order valence-electron chi connectivity index (χ1n) is 27.1. The van der Waals surface area contributed by atoms with Crippen molar-refractivity contribution in [2.24, 2.45) is 0 Å². The number of carbonyl (C=O) groups is 3. The Morgan fingerprint density at radius 2 is 0.587 bits per heavy atom. The molecule has 6 heteroatoms.